The number of carbonyl (C=O) groups excluding carboxylic acids is 1. The molecule has 0 saturated carbocycles. The van der Waals surface area contributed by atoms with E-state index in [0.717, 1.165) is 30.1 Å². The number of nitrogens with one attached hydrogen (secondary N) is 1. The maximum Gasteiger partial charge on any atom is 0.257 e. The highest BCUT2D eigenvalue weighted by atomic mass is 32.1. The van der Waals surface area contributed by atoms with Gasteiger partial charge in [-0.1, -0.05) is 11.3 Å². The van der Waals surface area contributed by atoms with Gasteiger partial charge in [0.1, 0.15) is 11.1 Å². The first-order valence-electron chi connectivity index (χ1n) is 7.79. The van der Waals surface area contributed by atoms with E-state index >= 15 is 0 Å². The molecule has 1 fully saturated rings. The number of rotatable bonds is 4. The number of hydrogen-bond donors (Lipinski definition) is 1. The van der Waals surface area contributed by atoms with Gasteiger partial charge in [0.25, 0.3) is 5.91 Å². The minimum absolute atomic E-state index is 0.0222. The summed E-state index contributed by atoms with van der Waals surface area (Å²) in [5.74, 6) is -0.191. The van der Waals surface area contributed by atoms with E-state index < -0.39 is 0 Å². The minimum Gasteiger partial charge on any atom is -0.371 e. The molecule has 7 heteroatoms. The van der Waals surface area contributed by atoms with Gasteiger partial charge in [0.15, 0.2) is 0 Å². The Balaban J connectivity index is 1.44. The van der Waals surface area contributed by atoms with Crippen LogP contribution >= 0.6 is 11.3 Å². The van der Waals surface area contributed by atoms with Crippen LogP contribution in [0.5, 0.6) is 0 Å². The van der Waals surface area contributed by atoms with Crippen molar-refractivity contribution in [3.8, 4) is 5.69 Å². The molecular formula is C17H16N4O2S. The number of nitrogens with zero attached hydrogens (tertiary/aromatic N) is 3. The highest BCUT2D eigenvalue weighted by Gasteiger charge is 2.22. The van der Waals surface area contributed by atoms with Crippen molar-refractivity contribution in [3.63, 3.8) is 0 Å². The molecule has 0 radical (unpaired) electrons. The third kappa shape index (κ3) is 3.08. The Kier molecular flexibility index (Phi) is 4.10. The quantitative estimate of drug-likeness (QED) is 0.790. The predicted molar refractivity (Wildman–Crippen MR) is 91.6 cm³/mol. The minimum atomic E-state index is -0.191. The average Bonchev–Trinajstić information content (AvgIpc) is 3.36. The molecule has 1 amide bonds. The lowest BCUT2D eigenvalue weighted by molar-refractivity contribution is 0.102. The van der Waals surface area contributed by atoms with Crippen molar-refractivity contribution in [2.45, 2.75) is 18.9 Å². The van der Waals surface area contributed by atoms with Crippen LogP contribution in [0.3, 0.4) is 0 Å². The molecule has 3 heterocycles. The first-order chi connectivity index (χ1) is 11.8. The molecule has 1 aromatic carbocycles. The van der Waals surface area contributed by atoms with Gasteiger partial charge in [-0.2, -0.15) is 0 Å². The van der Waals surface area contributed by atoms with Crippen molar-refractivity contribution in [1.29, 1.82) is 0 Å². The van der Waals surface area contributed by atoms with Crippen molar-refractivity contribution in [1.82, 2.24) is 14.8 Å². The Morgan fingerprint density at radius 1 is 1.21 bits per heavy atom. The van der Waals surface area contributed by atoms with Gasteiger partial charge in [0.05, 0.1) is 0 Å². The molecule has 3 aromatic rings. The normalized spacial score (nSPS) is 17.1. The fourth-order valence-corrected chi connectivity index (χ4v) is 3.47. The lowest BCUT2D eigenvalue weighted by Crippen LogP contribution is -2.11. The first kappa shape index (κ1) is 15.0. The van der Waals surface area contributed by atoms with Crippen LogP contribution in [0.15, 0.2) is 48.8 Å². The average molecular weight is 340 g/mol. The zero-order chi connectivity index (χ0) is 16.4. The highest BCUT2D eigenvalue weighted by Crippen LogP contribution is 2.32. The number of anilines is 1. The summed E-state index contributed by atoms with van der Waals surface area (Å²) in [6.07, 6.45) is 5.95. The Morgan fingerprint density at radius 2 is 2.00 bits per heavy atom. The van der Waals surface area contributed by atoms with Crippen LogP contribution in [0.1, 0.15) is 34.3 Å². The summed E-state index contributed by atoms with van der Waals surface area (Å²) in [6, 6.07) is 11.3. The molecule has 2 aromatic heterocycles. The van der Waals surface area contributed by atoms with E-state index in [1.165, 1.54) is 11.3 Å². The van der Waals surface area contributed by atoms with E-state index in [4.69, 9.17) is 4.74 Å². The lowest BCUT2D eigenvalue weighted by atomic mass is 10.2. The third-order valence-corrected chi connectivity index (χ3v) is 4.83. The van der Waals surface area contributed by atoms with Gasteiger partial charge in [-0.25, -0.2) is 0 Å². The molecule has 1 saturated heterocycles. The molecule has 4 rings (SSSR count). The number of carbonyl (C=O) groups is 1. The van der Waals surface area contributed by atoms with Gasteiger partial charge >= 0.3 is 0 Å². The topological polar surface area (TPSA) is 69.0 Å². The summed E-state index contributed by atoms with van der Waals surface area (Å²) in [5, 5.41) is 12.3. The zero-order valence-corrected chi connectivity index (χ0v) is 13.7. The van der Waals surface area contributed by atoms with E-state index in [-0.39, 0.29) is 12.0 Å². The van der Waals surface area contributed by atoms with E-state index in [2.05, 4.69) is 15.5 Å². The lowest BCUT2D eigenvalue weighted by Gasteiger charge is -2.05. The second kappa shape index (κ2) is 6.54. The van der Waals surface area contributed by atoms with Gasteiger partial charge in [-0.05, 0) is 49.2 Å². The first-order valence-corrected chi connectivity index (χ1v) is 8.61. The molecule has 1 aliphatic rings. The van der Waals surface area contributed by atoms with Crippen LogP contribution in [0.4, 0.5) is 5.13 Å². The summed E-state index contributed by atoms with van der Waals surface area (Å²) in [7, 11) is 0. The smallest absolute Gasteiger partial charge is 0.257 e. The van der Waals surface area contributed by atoms with Crippen molar-refractivity contribution >= 4 is 22.4 Å². The largest absolute Gasteiger partial charge is 0.371 e. The van der Waals surface area contributed by atoms with Gasteiger partial charge in [-0.3, -0.25) is 10.1 Å². The Hall–Kier alpha value is -2.51. The summed E-state index contributed by atoms with van der Waals surface area (Å²) >= 11 is 1.37. The molecule has 1 aliphatic heterocycles. The Labute approximate surface area is 143 Å². The van der Waals surface area contributed by atoms with Gasteiger partial charge < -0.3 is 9.30 Å². The van der Waals surface area contributed by atoms with Crippen LogP contribution in [0, 0.1) is 0 Å². The van der Waals surface area contributed by atoms with E-state index in [0.29, 0.717) is 10.7 Å². The standard InChI is InChI=1S/C17H16N4O2S/c22-15(12-5-7-13(8-6-12)21-9-1-2-10-21)18-17-20-19-16(24-17)14-4-3-11-23-14/h1-2,5-10,14H,3-4,11H2,(H,18,20,22). The Morgan fingerprint density at radius 3 is 2.71 bits per heavy atom. The Bertz CT molecular complexity index is 821. The third-order valence-electron chi connectivity index (χ3n) is 3.90. The second-order valence-corrected chi connectivity index (χ2v) is 6.55. The van der Waals surface area contributed by atoms with E-state index in [1.807, 2.05) is 41.2 Å². The van der Waals surface area contributed by atoms with Crippen LogP contribution in [0.2, 0.25) is 0 Å². The summed E-state index contributed by atoms with van der Waals surface area (Å²) < 4.78 is 7.57. The van der Waals surface area contributed by atoms with Gasteiger partial charge in [0.2, 0.25) is 5.13 Å². The monoisotopic (exact) mass is 340 g/mol. The predicted octanol–water partition coefficient (Wildman–Crippen LogP) is 3.43. The van der Waals surface area contributed by atoms with Crippen LogP contribution in [-0.4, -0.2) is 27.3 Å². The molecule has 122 valence electrons. The van der Waals surface area contributed by atoms with E-state index in [1.54, 1.807) is 12.1 Å². The van der Waals surface area contributed by atoms with Crippen molar-refractivity contribution < 1.29 is 9.53 Å². The number of benzene rings is 1. The number of amides is 1. The highest BCUT2D eigenvalue weighted by molar-refractivity contribution is 7.15. The molecule has 1 unspecified atom stereocenters. The SMILES string of the molecule is O=C(Nc1nnc(C2CCCO2)s1)c1ccc(-n2cccc2)cc1. The summed E-state index contributed by atoms with van der Waals surface area (Å²) in [6.45, 7) is 0.764. The summed E-state index contributed by atoms with van der Waals surface area (Å²) in [4.78, 5) is 12.3. The van der Waals surface area contributed by atoms with Gasteiger partial charge in [0, 0.05) is 30.3 Å². The fourth-order valence-electron chi connectivity index (χ4n) is 2.65. The van der Waals surface area contributed by atoms with Crippen molar-refractivity contribution in [2.75, 3.05) is 11.9 Å². The molecule has 1 atom stereocenters. The van der Waals surface area contributed by atoms with Crippen molar-refractivity contribution in [2.24, 2.45) is 0 Å². The molecule has 24 heavy (non-hydrogen) atoms. The number of ether oxygens (including phenoxy) is 1. The molecule has 1 N–H and O–H groups in total. The number of aromatic nitrogens is 3. The molecule has 0 spiro atoms. The molecule has 6 nitrogen and oxygen atoms in total. The van der Waals surface area contributed by atoms with Gasteiger partial charge in [-0.15, -0.1) is 10.2 Å². The van der Waals surface area contributed by atoms with Crippen LogP contribution in [-0.2, 0) is 4.74 Å². The molecular weight excluding hydrogens is 324 g/mol. The molecule has 0 aliphatic carbocycles. The maximum absolute atomic E-state index is 12.3. The van der Waals surface area contributed by atoms with Crippen molar-refractivity contribution in [3.05, 3.63) is 59.4 Å². The van der Waals surface area contributed by atoms with Crippen LogP contribution in [0.25, 0.3) is 5.69 Å². The van der Waals surface area contributed by atoms with Crippen LogP contribution < -0.4 is 5.32 Å². The van der Waals surface area contributed by atoms with E-state index in [9.17, 15) is 4.79 Å². The maximum atomic E-state index is 12.3. The molecule has 0 bridgehead atoms. The zero-order valence-electron chi connectivity index (χ0n) is 12.9. The fraction of sp³-hybridized carbons (Fsp3) is 0.235. The second-order valence-electron chi connectivity index (χ2n) is 5.54. The number of hydrogen-bond acceptors (Lipinski definition) is 5. The summed E-state index contributed by atoms with van der Waals surface area (Å²) in [5.41, 5.74) is 1.59.